The molecular formula is C11H14. The fraction of sp³-hybridized carbons (Fsp3) is 1.00. The molecule has 6 atom stereocenters. The Hall–Kier alpha value is 0. The van der Waals surface area contributed by atoms with Crippen molar-refractivity contribution in [3.63, 3.8) is 0 Å². The molecule has 5 aliphatic rings. The molecule has 2 spiro atoms. The zero-order chi connectivity index (χ0) is 6.84. The highest BCUT2D eigenvalue weighted by molar-refractivity contribution is 5.39. The van der Waals surface area contributed by atoms with E-state index in [1.165, 1.54) is 23.7 Å². The summed E-state index contributed by atoms with van der Waals surface area (Å²) < 4.78 is 0. The Kier molecular flexibility index (Phi) is 0.428. The van der Waals surface area contributed by atoms with Crippen LogP contribution in [-0.4, -0.2) is 0 Å². The number of hydrogen-bond donors (Lipinski definition) is 0. The van der Waals surface area contributed by atoms with E-state index in [-0.39, 0.29) is 0 Å². The Morgan fingerprint density at radius 1 is 1.00 bits per heavy atom. The average Bonchev–Trinajstić information content (AvgIpc) is 2.48. The lowest BCUT2D eigenvalue weighted by atomic mass is 9.49. The van der Waals surface area contributed by atoms with Crippen LogP contribution in [0.3, 0.4) is 0 Å². The van der Waals surface area contributed by atoms with Crippen LogP contribution >= 0.6 is 0 Å². The summed E-state index contributed by atoms with van der Waals surface area (Å²) in [5.74, 6) is 5.05. The molecule has 0 N–H and O–H groups in total. The van der Waals surface area contributed by atoms with Gasteiger partial charge in [-0.05, 0) is 66.6 Å². The molecule has 5 aliphatic carbocycles. The maximum absolute atomic E-state index is 1.68. The van der Waals surface area contributed by atoms with Crippen molar-refractivity contribution in [2.75, 3.05) is 0 Å². The molecule has 0 amide bonds. The first-order valence-electron chi connectivity index (χ1n) is 5.37. The maximum atomic E-state index is 1.68. The van der Waals surface area contributed by atoms with Gasteiger partial charge in [0.1, 0.15) is 0 Å². The number of rotatable bonds is 0. The van der Waals surface area contributed by atoms with Gasteiger partial charge in [-0.15, -0.1) is 0 Å². The van der Waals surface area contributed by atoms with Gasteiger partial charge < -0.3 is 0 Å². The van der Waals surface area contributed by atoms with E-state index in [0.29, 0.717) is 0 Å². The quantitative estimate of drug-likeness (QED) is 0.492. The molecule has 0 aromatic heterocycles. The summed E-state index contributed by atoms with van der Waals surface area (Å²) in [5.41, 5.74) is 2.00. The Morgan fingerprint density at radius 3 is 2.82 bits per heavy atom. The van der Waals surface area contributed by atoms with E-state index in [9.17, 15) is 0 Å². The van der Waals surface area contributed by atoms with E-state index in [4.69, 9.17) is 0 Å². The van der Waals surface area contributed by atoms with Crippen LogP contribution < -0.4 is 0 Å². The van der Waals surface area contributed by atoms with Crippen LogP contribution in [0.5, 0.6) is 0 Å². The summed E-state index contributed by atoms with van der Waals surface area (Å²) in [6, 6.07) is 0. The van der Waals surface area contributed by atoms with Gasteiger partial charge in [0, 0.05) is 0 Å². The van der Waals surface area contributed by atoms with E-state index in [1.807, 2.05) is 0 Å². The molecule has 0 aliphatic heterocycles. The first-order chi connectivity index (χ1) is 5.37. The van der Waals surface area contributed by atoms with Crippen LogP contribution in [0.4, 0.5) is 0 Å². The normalized spacial score (nSPS) is 85.1. The molecule has 0 heteroatoms. The highest BCUT2D eigenvalue weighted by atomic mass is 15.0. The predicted molar refractivity (Wildman–Crippen MR) is 41.9 cm³/mol. The van der Waals surface area contributed by atoms with Crippen LogP contribution in [-0.2, 0) is 0 Å². The monoisotopic (exact) mass is 146 g/mol. The van der Waals surface area contributed by atoms with Gasteiger partial charge in [-0.2, -0.15) is 0 Å². The molecule has 6 unspecified atom stereocenters. The summed E-state index contributed by atoms with van der Waals surface area (Å²) in [5, 5.41) is 0. The highest BCUT2D eigenvalue weighted by Crippen LogP contribution is 2.97. The van der Waals surface area contributed by atoms with Crippen molar-refractivity contribution in [2.45, 2.75) is 32.1 Å². The molecule has 11 heavy (non-hydrogen) atoms. The number of hydrogen-bond acceptors (Lipinski definition) is 0. The molecule has 0 aromatic rings. The fourth-order valence-electron chi connectivity index (χ4n) is 6.20. The first-order valence-corrected chi connectivity index (χ1v) is 5.37. The van der Waals surface area contributed by atoms with Gasteiger partial charge in [-0.1, -0.05) is 0 Å². The van der Waals surface area contributed by atoms with Crippen molar-refractivity contribution in [3.8, 4) is 0 Å². The molecular weight excluding hydrogens is 132 g/mol. The SMILES string of the molecule is C1CC23CC4C1CC41C(C2)C31. The minimum absolute atomic E-state index is 0.975. The molecule has 0 radical (unpaired) electrons. The summed E-state index contributed by atoms with van der Waals surface area (Å²) in [6.07, 6.45) is 8.28. The molecule has 5 saturated carbocycles. The van der Waals surface area contributed by atoms with Crippen LogP contribution in [0, 0.1) is 34.5 Å². The zero-order valence-corrected chi connectivity index (χ0v) is 6.84. The maximum Gasteiger partial charge on any atom is -0.0196 e. The van der Waals surface area contributed by atoms with Gasteiger partial charge in [0.25, 0.3) is 0 Å². The minimum Gasteiger partial charge on any atom is -0.0496 e. The van der Waals surface area contributed by atoms with Gasteiger partial charge in [-0.3, -0.25) is 0 Å². The minimum atomic E-state index is 0.975. The van der Waals surface area contributed by atoms with Crippen LogP contribution in [0.15, 0.2) is 0 Å². The van der Waals surface area contributed by atoms with Crippen molar-refractivity contribution in [1.29, 1.82) is 0 Å². The Bertz CT molecular complexity index is 270. The van der Waals surface area contributed by atoms with Crippen LogP contribution in [0.25, 0.3) is 0 Å². The molecule has 0 aromatic carbocycles. The van der Waals surface area contributed by atoms with Gasteiger partial charge in [0.15, 0.2) is 0 Å². The lowest BCUT2D eigenvalue weighted by molar-refractivity contribution is -0.0587. The van der Waals surface area contributed by atoms with Gasteiger partial charge in [0.05, 0.1) is 0 Å². The molecule has 0 saturated heterocycles. The molecule has 0 heterocycles. The van der Waals surface area contributed by atoms with Crippen molar-refractivity contribution in [1.82, 2.24) is 0 Å². The summed E-state index contributed by atoms with van der Waals surface area (Å²) in [7, 11) is 0. The lowest BCUT2D eigenvalue weighted by Gasteiger charge is -2.55. The third-order valence-corrected chi connectivity index (χ3v) is 6.36. The predicted octanol–water partition coefficient (Wildman–Crippen LogP) is 2.44. The third-order valence-electron chi connectivity index (χ3n) is 6.36. The highest BCUT2D eigenvalue weighted by Gasteiger charge is 2.91. The van der Waals surface area contributed by atoms with Crippen molar-refractivity contribution in [3.05, 3.63) is 0 Å². The second-order valence-corrected chi connectivity index (χ2v) is 6.08. The van der Waals surface area contributed by atoms with Crippen molar-refractivity contribution < 1.29 is 0 Å². The Morgan fingerprint density at radius 2 is 1.91 bits per heavy atom. The zero-order valence-electron chi connectivity index (χ0n) is 6.84. The van der Waals surface area contributed by atoms with E-state index < -0.39 is 0 Å². The molecule has 2 bridgehead atoms. The molecule has 0 nitrogen and oxygen atoms in total. The lowest BCUT2D eigenvalue weighted by Crippen LogP contribution is -2.47. The topological polar surface area (TPSA) is 0 Å². The fourth-order valence-corrected chi connectivity index (χ4v) is 6.20. The summed E-state index contributed by atoms with van der Waals surface area (Å²) in [6.45, 7) is 0. The van der Waals surface area contributed by atoms with Gasteiger partial charge >= 0.3 is 0 Å². The third kappa shape index (κ3) is 0.246. The second-order valence-electron chi connectivity index (χ2n) is 6.08. The molecule has 5 rings (SSSR count). The van der Waals surface area contributed by atoms with E-state index in [1.54, 1.807) is 32.1 Å². The average molecular weight is 146 g/mol. The second kappa shape index (κ2) is 0.963. The van der Waals surface area contributed by atoms with Crippen LogP contribution in [0.2, 0.25) is 0 Å². The standard InChI is InChI=1S/C11H14/c1-2-10-4-7-6(1)3-11(7)8(5-10)9(10)11/h6-9H,1-5H2. The largest absolute Gasteiger partial charge is 0.0496 e. The Labute approximate surface area is 67.4 Å². The van der Waals surface area contributed by atoms with E-state index in [0.717, 1.165) is 10.8 Å². The smallest absolute Gasteiger partial charge is 0.0196 e. The first kappa shape index (κ1) is 4.89. The van der Waals surface area contributed by atoms with Gasteiger partial charge in [0.2, 0.25) is 0 Å². The van der Waals surface area contributed by atoms with Crippen molar-refractivity contribution in [2.24, 2.45) is 34.5 Å². The molecule has 58 valence electrons. The van der Waals surface area contributed by atoms with Crippen molar-refractivity contribution >= 4 is 0 Å². The summed E-state index contributed by atoms with van der Waals surface area (Å²) >= 11 is 0. The summed E-state index contributed by atoms with van der Waals surface area (Å²) in [4.78, 5) is 0. The Balaban J connectivity index is 1.85. The van der Waals surface area contributed by atoms with Gasteiger partial charge in [-0.25, -0.2) is 0 Å². The van der Waals surface area contributed by atoms with E-state index in [2.05, 4.69) is 0 Å². The molecule has 5 fully saturated rings. The van der Waals surface area contributed by atoms with E-state index >= 15 is 0 Å². The van der Waals surface area contributed by atoms with Crippen LogP contribution in [0.1, 0.15) is 32.1 Å².